The lowest BCUT2D eigenvalue weighted by Crippen LogP contribution is -2.23. The first-order valence-corrected chi connectivity index (χ1v) is 13.1. The molecule has 2 N–H and O–H groups in total. The van der Waals surface area contributed by atoms with Gasteiger partial charge in [0.2, 0.25) is 17.6 Å². The summed E-state index contributed by atoms with van der Waals surface area (Å²) >= 11 is 6.03. The van der Waals surface area contributed by atoms with Crippen molar-refractivity contribution in [2.75, 3.05) is 10.6 Å². The summed E-state index contributed by atoms with van der Waals surface area (Å²) in [5, 5.41) is 5.01. The minimum absolute atomic E-state index is 0.00951. The molecule has 0 saturated carbocycles. The van der Waals surface area contributed by atoms with Gasteiger partial charge in [-0.1, -0.05) is 55.4 Å². The molecule has 2 amide bonds. The van der Waals surface area contributed by atoms with Crippen molar-refractivity contribution in [3.63, 3.8) is 0 Å². The lowest BCUT2D eigenvalue weighted by molar-refractivity contribution is -0.137. The van der Waals surface area contributed by atoms with Gasteiger partial charge in [0.25, 0.3) is 5.56 Å². The van der Waals surface area contributed by atoms with Crippen molar-refractivity contribution in [3.8, 4) is 11.1 Å². The van der Waals surface area contributed by atoms with Crippen LogP contribution >= 0.6 is 11.6 Å². The van der Waals surface area contributed by atoms with Crippen molar-refractivity contribution in [2.24, 2.45) is 0 Å². The number of carbonyl (C=O) groups is 2. The second-order valence-corrected chi connectivity index (χ2v) is 9.69. The van der Waals surface area contributed by atoms with E-state index in [0.717, 1.165) is 24.3 Å². The number of hydrogen-bond acceptors (Lipinski definition) is 4. The molecule has 2 aromatic heterocycles. The molecular formula is C30H23ClF3N5O3. The Kier molecular flexibility index (Phi) is 7.61. The van der Waals surface area contributed by atoms with E-state index in [1.807, 2.05) is 6.92 Å². The van der Waals surface area contributed by atoms with E-state index in [2.05, 4.69) is 17.2 Å². The van der Waals surface area contributed by atoms with Crippen molar-refractivity contribution in [3.05, 3.63) is 106 Å². The highest BCUT2D eigenvalue weighted by Crippen LogP contribution is 2.34. The standard InChI is InChI=1S/C30H23ClF3N5O3/c1-3-20-27(18-9-5-6-10-21(18)35-25(40)4-2)28(42)39-24-12-8-7-11-23(24)38(29(39)37-20)16-26(41)36-22-14-13-17(15-19(22)31)30(32,33)34/h4-15H,2-3,16H2,1H3,(H,35,40)(H,36,41). The second-order valence-electron chi connectivity index (χ2n) is 9.28. The molecule has 0 aliphatic rings. The Bertz CT molecular complexity index is 1950. The van der Waals surface area contributed by atoms with E-state index in [1.54, 1.807) is 53.1 Å². The van der Waals surface area contributed by atoms with Gasteiger partial charge in [-0.15, -0.1) is 0 Å². The number of para-hydroxylation sites is 3. The molecule has 42 heavy (non-hydrogen) atoms. The Morgan fingerprint density at radius 1 is 1.00 bits per heavy atom. The lowest BCUT2D eigenvalue weighted by Gasteiger charge is -2.14. The molecule has 12 heteroatoms. The van der Waals surface area contributed by atoms with Crippen LogP contribution in [-0.2, 0) is 28.7 Å². The first-order chi connectivity index (χ1) is 20.0. The van der Waals surface area contributed by atoms with Crippen LogP contribution in [0.25, 0.3) is 27.9 Å². The highest BCUT2D eigenvalue weighted by Gasteiger charge is 2.31. The van der Waals surface area contributed by atoms with Crippen molar-refractivity contribution >= 4 is 51.6 Å². The quantitative estimate of drug-likeness (QED) is 0.216. The van der Waals surface area contributed by atoms with Gasteiger partial charge in [-0.2, -0.15) is 13.2 Å². The minimum atomic E-state index is -4.58. The van der Waals surface area contributed by atoms with E-state index in [0.29, 0.717) is 40.0 Å². The van der Waals surface area contributed by atoms with Gasteiger partial charge < -0.3 is 15.2 Å². The summed E-state index contributed by atoms with van der Waals surface area (Å²) in [6.07, 6.45) is -3.09. The molecule has 0 aliphatic heterocycles. The molecule has 0 fully saturated rings. The van der Waals surface area contributed by atoms with Crippen molar-refractivity contribution < 1.29 is 22.8 Å². The largest absolute Gasteiger partial charge is 0.416 e. The molecule has 0 saturated heterocycles. The minimum Gasteiger partial charge on any atom is -0.323 e. The van der Waals surface area contributed by atoms with Gasteiger partial charge >= 0.3 is 6.18 Å². The number of anilines is 2. The van der Waals surface area contributed by atoms with Gasteiger partial charge in [0.05, 0.1) is 38.6 Å². The number of halogens is 4. The molecule has 0 aliphatic carbocycles. The van der Waals surface area contributed by atoms with Crippen LogP contribution in [-0.4, -0.2) is 25.8 Å². The molecule has 0 bridgehead atoms. The first-order valence-electron chi connectivity index (χ1n) is 12.8. The van der Waals surface area contributed by atoms with Crippen LogP contribution in [0, 0.1) is 0 Å². The molecule has 0 atom stereocenters. The van der Waals surface area contributed by atoms with Crippen molar-refractivity contribution in [2.45, 2.75) is 26.1 Å². The molecule has 8 nitrogen and oxygen atoms in total. The number of fused-ring (bicyclic) bond motifs is 3. The Labute approximate surface area is 242 Å². The van der Waals surface area contributed by atoms with Gasteiger partial charge in [-0.05, 0) is 48.9 Å². The highest BCUT2D eigenvalue weighted by atomic mass is 35.5. The number of aromatic nitrogens is 3. The number of carbonyl (C=O) groups excluding carboxylic acids is 2. The molecule has 0 unspecified atom stereocenters. The molecule has 214 valence electrons. The third-order valence-electron chi connectivity index (χ3n) is 6.64. The summed E-state index contributed by atoms with van der Waals surface area (Å²) < 4.78 is 42.0. The summed E-state index contributed by atoms with van der Waals surface area (Å²) in [6, 6.07) is 16.4. The van der Waals surface area contributed by atoms with Gasteiger partial charge in [0, 0.05) is 11.3 Å². The summed E-state index contributed by atoms with van der Waals surface area (Å²) in [7, 11) is 0. The van der Waals surface area contributed by atoms with Crippen molar-refractivity contribution in [1.82, 2.24) is 14.0 Å². The molecule has 5 aromatic rings. The van der Waals surface area contributed by atoms with Gasteiger partial charge in [0.1, 0.15) is 6.54 Å². The van der Waals surface area contributed by atoms with E-state index in [4.69, 9.17) is 16.6 Å². The van der Waals surface area contributed by atoms with E-state index in [-0.39, 0.29) is 23.0 Å². The predicted molar refractivity (Wildman–Crippen MR) is 156 cm³/mol. The number of aryl methyl sites for hydroxylation is 1. The van der Waals surface area contributed by atoms with Crippen LogP contribution in [0.1, 0.15) is 18.2 Å². The van der Waals surface area contributed by atoms with Gasteiger partial charge in [0.15, 0.2) is 0 Å². The topological polar surface area (TPSA) is 97.5 Å². The molecule has 2 heterocycles. The van der Waals surface area contributed by atoms with Gasteiger partial charge in [-0.3, -0.25) is 14.4 Å². The third kappa shape index (κ3) is 5.26. The second kappa shape index (κ2) is 11.2. The Morgan fingerprint density at radius 2 is 1.69 bits per heavy atom. The van der Waals surface area contributed by atoms with Crippen LogP contribution in [0.5, 0.6) is 0 Å². The number of hydrogen-bond donors (Lipinski definition) is 2. The zero-order chi connectivity index (χ0) is 30.2. The van der Waals surface area contributed by atoms with Crippen LogP contribution in [0.2, 0.25) is 5.02 Å². The number of nitrogens with one attached hydrogen (secondary N) is 2. The Hall–Kier alpha value is -4.90. The van der Waals surface area contributed by atoms with Crippen LogP contribution in [0.15, 0.2) is 84.2 Å². The molecular weight excluding hydrogens is 571 g/mol. The zero-order valence-corrected chi connectivity index (χ0v) is 22.9. The van der Waals surface area contributed by atoms with E-state index >= 15 is 0 Å². The maximum absolute atomic E-state index is 14.1. The molecule has 0 spiro atoms. The van der Waals surface area contributed by atoms with Gasteiger partial charge in [-0.25, -0.2) is 9.38 Å². The molecule has 5 rings (SSSR count). The number of rotatable bonds is 7. The zero-order valence-electron chi connectivity index (χ0n) is 22.1. The highest BCUT2D eigenvalue weighted by molar-refractivity contribution is 6.33. The lowest BCUT2D eigenvalue weighted by atomic mass is 10.0. The number of imidazole rings is 1. The van der Waals surface area contributed by atoms with Crippen LogP contribution in [0.3, 0.4) is 0 Å². The maximum Gasteiger partial charge on any atom is 0.416 e. The smallest absolute Gasteiger partial charge is 0.323 e. The fourth-order valence-electron chi connectivity index (χ4n) is 4.74. The van der Waals surface area contributed by atoms with Crippen molar-refractivity contribution in [1.29, 1.82) is 0 Å². The fraction of sp³-hybridized carbons (Fsp3) is 0.133. The van der Waals surface area contributed by atoms with Crippen LogP contribution in [0.4, 0.5) is 24.5 Å². The Balaban J connectivity index is 1.62. The monoisotopic (exact) mass is 593 g/mol. The summed E-state index contributed by atoms with van der Waals surface area (Å²) in [4.78, 5) is 44.1. The summed E-state index contributed by atoms with van der Waals surface area (Å²) in [5.74, 6) is -0.831. The Morgan fingerprint density at radius 3 is 2.36 bits per heavy atom. The molecule has 0 radical (unpaired) electrons. The first kappa shape index (κ1) is 28.6. The number of benzene rings is 3. The summed E-state index contributed by atoms with van der Waals surface area (Å²) in [6.45, 7) is 5.00. The third-order valence-corrected chi connectivity index (χ3v) is 6.95. The normalized spacial score (nSPS) is 11.5. The summed E-state index contributed by atoms with van der Waals surface area (Å²) in [5.41, 5.74) is 1.30. The van der Waals surface area contributed by atoms with E-state index in [9.17, 15) is 27.6 Å². The predicted octanol–water partition coefficient (Wildman–Crippen LogP) is 6.31. The van der Waals surface area contributed by atoms with Crippen LogP contribution < -0.4 is 16.2 Å². The molecule has 3 aromatic carbocycles. The number of nitrogens with zero attached hydrogens (tertiary/aromatic N) is 3. The average molecular weight is 594 g/mol. The average Bonchev–Trinajstić information content (AvgIpc) is 3.27. The number of alkyl halides is 3. The number of amides is 2. The van der Waals surface area contributed by atoms with E-state index in [1.165, 1.54) is 4.40 Å². The fourth-order valence-corrected chi connectivity index (χ4v) is 4.97. The SMILES string of the molecule is C=CC(=O)Nc1ccccc1-c1c(CC)nc2n(CC(=O)Nc3ccc(C(F)(F)F)cc3Cl)c3ccccc3n2c1=O. The maximum atomic E-state index is 14.1. The van der Waals surface area contributed by atoms with E-state index < -0.39 is 29.1 Å².